The first-order valence-corrected chi connectivity index (χ1v) is 3.74. The fraction of sp³-hybridized carbons (Fsp3) is 0. The molecule has 0 saturated heterocycles. The van der Waals surface area contributed by atoms with Gasteiger partial charge < -0.3 is 0 Å². The van der Waals surface area contributed by atoms with E-state index in [1.807, 2.05) is 0 Å². The molecule has 1 heterocycles. The van der Waals surface area contributed by atoms with Crippen molar-refractivity contribution in [2.75, 3.05) is 0 Å². The molecule has 0 atom stereocenters. The molecule has 3 nitrogen and oxygen atoms in total. The van der Waals surface area contributed by atoms with E-state index in [0.717, 1.165) is 4.88 Å². The molecule has 1 aliphatic rings. The van der Waals surface area contributed by atoms with Crippen LogP contribution in [0.15, 0.2) is 6.08 Å². The molecule has 0 aliphatic heterocycles. The third-order valence-corrected chi connectivity index (χ3v) is 2.10. The molecular weight excluding hydrogens is 162 g/mol. The number of carbonyl (C=O) groups excluding carboxylic acids is 2. The Morgan fingerprint density at radius 3 is 3.00 bits per heavy atom. The fourth-order valence-corrected chi connectivity index (χ4v) is 1.45. The number of thiazole rings is 1. The summed E-state index contributed by atoms with van der Waals surface area (Å²) in [4.78, 5) is 26.1. The Hall–Kier alpha value is -1.29. The number of hydrogen-bond acceptors (Lipinski definition) is 4. The van der Waals surface area contributed by atoms with Crippen LogP contribution < -0.4 is 0 Å². The summed E-state index contributed by atoms with van der Waals surface area (Å²) >= 11 is 1.24. The van der Waals surface area contributed by atoms with E-state index in [4.69, 9.17) is 0 Å². The highest BCUT2D eigenvalue weighted by Crippen LogP contribution is 2.19. The minimum Gasteiger partial charge on any atom is -0.285 e. The normalized spacial score (nSPS) is 15.3. The van der Waals surface area contributed by atoms with Crippen LogP contribution in [0.1, 0.15) is 15.4 Å². The van der Waals surface area contributed by atoms with Gasteiger partial charge in [0.25, 0.3) is 5.78 Å². The Kier molecular flexibility index (Phi) is 1.22. The van der Waals surface area contributed by atoms with Crippen LogP contribution in [-0.4, -0.2) is 16.6 Å². The van der Waals surface area contributed by atoms with Crippen molar-refractivity contribution in [3.05, 3.63) is 22.2 Å². The highest BCUT2D eigenvalue weighted by Gasteiger charge is 2.22. The lowest BCUT2D eigenvalue weighted by Crippen LogP contribution is -2.15. The lowest BCUT2D eigenvalue weighted by molar-refractivity contribution is -0.110. The van der Waals surface area contributed by atoms with E-state index in [-0.39, 0.29) is 5.69 Å². The average molecular weight is 164 g/mol. The lowest BCUT2D eigenvalue weighted by Gasteiger charge is -1.98. The van der Waals surface area contributed by atoms with Gasteiger partial charge in [0.15, 0.2) is 5.51 Å². The van der Waals surface area contributed by atoms with Crippen molar-refractivity contribution in [3.63, 3.8) is 0 Å². The molecule has 1 aromatic rings. The Morgan fingerprint density at radius 1 is 1.36 bits per heavy atom. The maximum Gasteiger partial charge on any atom is 0.252 e. The maximum atomic E-state index is 11.0. The second kappa shape index (κ2) is 2.10. The summed E-state index contributed by atoms with van der Waals surface area (Å²) in [6.07, 6.45) is 2.85. The average Bonchev–Trinajstić information content (AvgIpc) is 2.45. The standard InChI is InChI=1S/C7H2NO2S/c9-4-1-2-5-6(7(4)10)8-3-11-5/h1-2H. The topological polar surface area (TPSA) is 47.0 Å². The molecule has 0 saturated carbocycles. The molecule has 0 amide bonds. The van der Waals surface area contributed by atoms with E-state index in [9.17, 15) is 9.59 Å². The van der Waals surface area contributed by atoms with E-state index in [0.29, 0.717) is 0 Å². The number of carbonyl (C=O) groups is 2. The Balaban J connectivity index is 2.66. The van der Waals surface area contributed by atoms with Gasteiger partial charge in [-0.2, -0.15) is 0 Å². The van der Waals surface area contributed by atoms with Crippen LogP contribution in [0.2, 0.25) is 0 Å². The minimum atomic E-state index is -0.528. The summed E-state index contributed by atoms with van der Waals surface area (Å²) in [5.41, 5.74) is 2.80. The third kappa shape index (κ3) is 0.832. The van der Waals surface area contributed by atoms with Crippen molar-refractivity contribution in [1.82, 2.24) is 4.98 Å². The molecule has 0 N–H and O–H groups in total. The molecular formula is C7H2NO2S. The zero-order valence-electron chi connectivity index (χ0n) is 5.33. The quantitative estimate of drug-likeness (QED) is 0.531. The number of rotatable bonds is 0. The third-order valence-electron chi connectivity index (χ3n) is 1.37. The van der Waals surface area contributed by atoms with E-state index >= 15 is 0 Å². The lowest BCUT2D eigenvalue weighted by atomic mass is 10.1. The van der Waals surface area contributed by atoms with Crippen LogP contribution in [-0.2, 0) is 4.79 Å². The summed E-state index contributed by atoms with van der Waals surface area (Å²) in [7, 11) is 0. The smallest absolute Gasteiger partial charge is 0.252 e. The molecule has 0 spiro atoms. The predicted octanol–water partition coefficient (Wildman–Crippen LogP) is 0.722. The second-order valence-electron chi connectivity index (χ2n) is 2.04. The fourth-order valence-electron chi connectivity index (χ4n) is 0.840. The second-order valence-corrected chi connectivity index (χ2v) is 2.87. The van der Waals surface area contributed by atoms with Gasteiger partial charge in [-0.25, -0.2) is 4.98 Å². The Labute approximate surface area is 66.4 Å². The van der Waals surface area contributed by atoms with Crippen molar-refractivity contribution in [1.29, 1.82) is 0 Å². The Morgan fingerprint density at radius 2 is 2.18 bits per heavy atom. The molecule has 1 radical (unpaired) electrons. The van der Waals surface area contributed by atoms with Gasteiger partial charge in [0.05, 0.1) is 4.88 Å². The number of nitrogens with zero attached hydrogens (tertiary/aromatic N) is 1. The Bertz CT molecular complexity index is 364. The molecule has 4 heteroatoms. The van der Waals surface area contributed by atoms with E-state index in [1.165, 1.54) is 17.4 Å². The zero-order valence-corrected chi connectivity index (χ0v) is 6.14. The van der Waals surface area contributed by atoms with E-state index in [1.54, 1.807) is 6.08 Å². The molecule has 53 valence electrons. The first-order chi connectivity index (χ1) is 5.29. The zero-order chi connectivity index (χ0) is 7.84. The summed E-state index contributed by atoms with van der Waals surface area (Å²) in [6.45, 7) is 0. The molecule has 1 aliphatic carbocycles. The summed E-state index contributed by atoms with van der Waals surface area (Å²) in [5.74, 6) is -1.03. The van der Waals surface area contributed by atoms with Gasteiger partial charge >= 0.3 is 0 Å². The SMILES string of the molecule is O=C1C=Cc2s[c]nc2C1=O. The molecule has 1 aromatic heterocycles. The monoisotopic (exact) mass is 164 g/mol. The minimum absolute atomic E-state index is 0.238. The first-order valence-electron chi connectivity index (χ1n) is 2.92. The molecule has 0 fully saturated rings. The molecule has 0 bridgehead atoms. The first kappa shape index (κ1) is 6.42. The number of hydrogen-bond donors (Lipinski definition) is 0. The van der Waals surface area contributed by atoms with Crippen LogP contribution in [0.5, 0.6) is 0 Å². The van der Waals surface area contributed by atoms with Crippen LogP contribution in [0.25, 0.3) is 6.08 Å². The van der Waals surface area contributed by atoms with Gasteiger partial charge in [-0.15, -0.1) is 11.3 Å². The summed E-state index contributed by atoms with van der Waals surface area (Å²) < 4.78 is 0. The van der Waals surface area contributed by atoms with Gasteiger partial charge in [-0.3, -0.25) is 9.59 Å². The van der Waals surface area contributed by atoms with Crippen LogP contribution in [0.3, 0.4) is 0 Å². The van der Waals surface area contributed by atoms with Crippen LogP contribution in [0.4, 0.5) is 0 Å². The maximum absolute atomic E-state index is 11.0. The molecule has 11 heavy (non-hydrogen) atoms. The van der Waals surface area contributed by atoms with Gasteiger partial charge in [0.2, 0.25) is 5.78 Å². The largest absolute Gasteiger partial charge is 0.285 e. The number of aromatic nitrogens is 1. The summed E-state index contributed by atoms with van der Waals surface area (Å²) in [5, 5.41) is 0. The molecule has 0 aromatic carbocycles. The number of fused-ring (bicyclic) bond motifs is 1. The van der Waals surface area contributed by atoms with Crippen molar-refractivity contribution < 1.29 is 9.59 Å². The van der Waals surface area contributed by atoms with Crippen molar-refractivity contribution >= 4 is 29.0 Å². The van der Waals surface area contributed by atoms with E-state index < -0.39 is 11.6 Å². The number of ketones is 2. The van der Waals surface area contributed by atoms with Crippen molar-refractivity contribution in [3.8, 4) is 0 Å². The number of allylic oxidation sites excluding steroid dienone is 1. The van der Waals surface area contributed by atoms with Crippen LogP contribution in [0, 0.1) is 5.51 Å². The summed E-state index contributed by atoms with van der Waals surface area (Å²) in [6, 6.07) is 0. The predicted molar refractivity (Wildman–Crippen MR) is 39.3 cm³/mol. The van der Waals surface area contributed by atoms with Crippen LogP contribution >= 0.6 is 11.3 Å². The highest BCUT2D eigenvalue weighted by molar-refractivity contribution is 7.10. The van der Waals surface area contributed by atoms with Gasteiger partial charge in [-0.05, 0) is 12.2 Å². The van der Waals surface area contributed by atoms with Crippen molar-refractivity contribution in [2.45, 2.75) is 0 Å². The van der Waals surface area contributed by atoms with Crippen molar-refractivity contribution in [2.24, 2.45) is 0 Å². The van der Waals surface area contributed by atoms with Gasteiger partial charge in [0.1, 0.15) is 5.69 Å². The molecule has 2 rings (SSSR count). The highest BCUT2D eigenvalue weighted by atomic mass is 32.1. The number of Topliss-reactive ketones (excluding diaryl/α,β-unsaturated/α-hetero) is 1. The van der Waals surface area contributed by atoms with Gasteiger partial charge in [0, 0.05) is 0 Å². The van der Waals surface area contributed by atoms with Gasteiger partial charge in [-0.1, -0.05) is 0 Å². The molecule has 0 unspecified atom stereocenters. The van der Waals surface area contributed by atoms with E-state index in [2.05, 4.69) is 10.5 Å².